The van der Waals surface area contributed by atoms with Crippen LogP contribution in [0.4, 0.5) is 0 Å². The maximum Gasteiger partial charge on any atom is 0.202 e. The molecule has 1 aliphatic carbocycles. The fourth-order valence-electron chi connectivity index (χ4n) is 2.63. The van der Waals surface area contributed by atoms with Gasteiger partial charge in [0.1, 0.15) is 5.52 Å². The van der Waals surface area contributed by atoms with Gasteiger partial charge in [-0.15, -0.1) is 0 Å². The number of para-hydroxylation sites is 1. The van der Waals surface area contributed by atoms with Crippen LogP contribution in [0, 0.1) is 6.92 Å². The van der Waals surface area contributed by atoms with Gasteiger partial charge in [0.15, 0.2) is 5.58 Å². The Bertz CT molecular complexity index is 567. The summed E-state index contributed by atoms with van der Waals surface area (Å²) >= 11 is 0. The zero-order valence-electron chi connectivity index (χ0n) is 10.9. The maximum absolute atomic E-state index is 5.92. The molecule has 1 unspecified atom stereocenters. The topological polar surface area (TPSA) is 26.0 Å². The molecule has 1 atom stereocenters. The van der Waals surface area contributed by atoms with E-state index in [1.807, 2.05) is 12.1 Å². The van der Waals surface area contributed by atoms with Crippen LogP contribution in [0.5, 0.6) is 0 Å². The number of allylic oxidation sites excluding steroid dienone is 2. The van der Waals surface area contributed by atoms with Crippen molar-refractivity contribution in [3.63, 3.8) is 0 Å². The average molecular weight is 241 g/mol. The Morgan fingerprint density at radius 2 is 2.17 bits per heavy atom. The number of hydrogen-bond donors (Lipinski definition) is 0. The molecule has 0 saturated carbocycles. The maximum atomic E-state index is 5.92. The van der Waals surface area contributed by atoms with E-state index < -0.39 is 0 Å². The number of oxazole rings is 1. The quantitative estimate of drug-likeness (QED) is 0.674. The lowest BCUT2D eigenvalue weighted by molar-refractivity contribution is 0.473. The van der Waals surface area contributed by atoms with E-state index >= 15 is 0 Å². The Hall–Kier alpha value is -1.57. The summed E-state index contributed by atoms with van der Waals surface area (Å²) in [6.07, 6.45) is 10.8. The summed E-state index contributed by atoms with van der Waals surface area (Å²) in [4.78, 5) is 4.69. The number of aromatic nitrogens is 1. The van der Waals surface area contributed by atoms with Gasteiger partial charge >= 0.3 is 0 Å². The minimum atomic E-state index is 0.358. The Morgan fingerprint density at radius 3 is 3.06 bits per heavy atom. The zero-order valence-corrected chi connectivity index (χ0v) is 10.9. The minimum Gasteiger partial charge on any atom is -0.440 e. The summed E-state index contributed by atoms with van der Waals surface area (Å²) < 4.78 is 5.92. The Kier molecular flexibility index (Phi) is 3.18. The van der Waals surface area contributed by atoms with Gasteiger partial charge in [-0.3, -0.25) is 0 Å². The largest absolute Gasteiger partial charge is 0.440 e. The highest BCUT2D eigenvalue weighted by Crippen LogP contribution is 2.29. The molecule has 0 radical (unpaired) electrons. The first-order chi connectivity index (χ1) is 8.84. The number of hydrogen-bond acceptors (Lipinski definition) is 2. The van der Waals surface area contributed by atoms with Crippen LogP contribution in [0.1, 0.15) is 49.5 Å². The number of benzene rings is 1. The van der Waals surface area contributed by atoms with Crippen LogP contribution in [-0.4, -0.2) is 4.98 Å². The number of rotatable bonds is 1. The number of aryl methyl sites for hydroxylation is 1. The molecule has 2 aromatic rings. The van der Waals surface area contributed by atoms with E-state index in [-0.39, 0.29) is 0 Å². The summed E-state index contributed by atoms with van der Waals surface area (Å²) in [6.45, 7) is 2.09. The van der Waals surface area contributed by atoms with Gasteiger partial charge in [-0.25, -0.2) is 4.98 Å². The van der Waals surface area contributed by atoms with Crippen LogP contribution in [0.15, 0.2) is 34.8 Å². The van der Waals surface area contributed by atoms with Gasteiger partial charge in [-0.1, -0.05) is 37.1 Å². The van der Waals surface area contributed by atoms with Crippen molar-refractivity contribution in [3.05, 3.63) is 41.8 Å². The van der Waals surface area contributed by atoms with Gasteiger partial charge in [0.05, 0.1) is 5.92 Å². The van der Waals surface area contributed by atoms with Gasteiger partial charge in [0.25, 0.3) is 0 Å². The third kappa shape index (κ3) is 2.20. The molecule has 0 amide bonds. The molecule has 3 rings (SSSR count). The SMILES string of the molecule is Cc1cccc2oc(C3/C=C\CCCCC3)nc12. The second-order valence-corrected chi connectivity index (χ2v) is 5.15. The van der Waals surface area contributed by atoms with E-state index in [0.717, 1.165) is 23.4 Å². The van der Waals surface area contributed by atoms with Gasteiger partial charge < -0.3 is 4.42 Å². The lowest BCUT2D eigenvalue weighted by Gasteiger charge is -2.11. The standard InChI is InChI=1S/C16H19NO/c1-12-8-7-11-14-15(12)17-16(18-14)13-9-5-3-2-4-6-10-13/h5,7-9,11,13H,2-4,6,10H2,1H3/b9-5-. The van der Waals surface area contributed by atoms with Gasteiger partial charge in [0, 0.05) is 0 Å². The lowest BCUT2D eigenvalue weighted by Crippen LogP contribution is -1.98. The molecule has 0 spiro atoms. The molecule has 1 aromatic heterocycles. The first kappa shape index (κ1) is 11.5. The zero-order chi connectivity index (χ0) is 12.4. The fraction of sp³-hybridized carbons (Fsp3) is 0.438. The summed E-state index contributed by atoms with van der Waals surface area (Å²) in [6, 6.07) is 6.12. The van der Waals surface area contributed by atoms with Crippen molar-refractivity contribution in [2.45, 2.75) is 44.9 Å². The van der Waals surface area contributed by atoms with E-state index in [4.69, 9.17) is 9.40 Å². The number of fused-ring (bicyclic) bond motifs is 1. The molecule has 0 N–H and O–H groups in total. The van der Waals surface area contributed by atoms with Crippen LogP contribution in [-0.2, 0) is 0 Å². The van der Waals surface area contributed by atoms with Crippen LogP contribution in [0.3, 0.4) is 0 Å². The smallest absolute Gasteiger partial charge is 0.202 e. The summed E-state index contributed by atoms with van der Waals surface area (Å²) in [5.41, 5.74) is 3.13. The van der Waals surface area contributed by atoms with E-state index in [9.17, 15) is 0 Å². The molecule has 0 bridgehead atoms. The van der Waals surface area contributed by atoms with E-state index in [0.29, 0.717) is 5.92 Å². The summed E-state index contributed by atoms with van der Waals surface area (Å²) in [7, 11) is 0. The molecule has 1 aromatic carbocycles. The molecule has 1 aliphatic rings. The van der Waals surface area contributed by atoms with Gasteiger partial charge in [-0.05, 0) is 37.8 Å². The molecule has 2 nitrogen and oxygen atoms in total. The molecular formula is C16H19NO. The monoisotopic (exact) mass is 241 g/mol. The van der Waals surface area contributed by atoms with Crippen molar-refractivity contribution < 1.29 is 4.42 Å². The molecule has 2 heteroatoms. The molecular weight excluding hydrogens is 222 g/mol. The van der Waals surface area contributed by atoms with Crippen molar-refractivity contribution in [2.75, 3.05) is 0 Å². The van der Waals surface area contributed by atoms with Gasteiger partial charge in [0.2, 0.25) is 5.89 Å². The van der Waals surface area contributed by atoms with Crippen molar-refractivity contribution >= 4 is 11.1 Å². The molecule has 0 aliphatic heterocycles. The molecule has 0 saturated heterocycles. The van der Waals surface area contributed by atoms with Gasteiger partial charge in [-0.2, -0.15) is 0 Å². The van der Waals surface area contributed by atoms with Crippen molar-refractivity contribution in [1.82, 2.24) is 4.98 Å². The molecule has 0 fully saturated rings. The predicted molar refractivity (Wildman–Crippen MR) is 73.7 cm³/mol. The lowest BCUT2D eigenvalue weighted by atomic mass is 9.96. The number of nitrogens with zero attached hydrogens (tertiary/aromatic N) is 1. The fourth-order valence-corrected chi connectivity index (χ4v) is 2.63. The summed E-state index contributed by atoms with van der Waals surface area (Å²) in [5.74, 6) is 1.24. The second-order valence-electron chi connectivity index (χ2n) is 5.15. The highest BCUT2D eigenvalue weighted by atomic mass is 16.3. The van der Waals surface area contributed by atoms with Crippen molar-refractivity contribution in [2.24, 2.45) is 0 Å². The first-order valence-corrected chi connectivity index (χ1v) is 6.87. The highest BCUT2D eigenvalue weighted by Gasteiger charge is 2.16. The van der Waals surface area contributed by atoms with E-state index in [1.165, 1.54) is 31.2 Å². The normalized spacial score (nSPS) is 22.6. The average Bonchev–Trinajstić information content (AvgIpc) is 2.73. The molecule has 18 heavy (non-hydrogen) atoms. The Balaban J connectivity index is 1.97. The molecule has 1 heterocycles. The first-order valence-electron chi connectivity index (χ1n) is 6.87. The Morgan fingerprint density at radius 1 is 1.22 bits per heavy atom. The van der Waals surface area contributed by atoms with E-state index in [1.54, 1.807) is 0 Å². The third-order valence-corrected chi connectivity index (χ3v) is 3.71. The Labute approximate surface area is 108 Å². The van der Waals surface area contributed by atoms with Crippen LogP contribution in [0.25, 0.3) is 11.1 Å². The van der Waals surface area contributed by atoms with E-state index in [2.05, 4.69) is 25.1 Å². The highest BCUT2D eigenvalue weighted by molar-refractivity contribution is 5.76. The minimum absolute atomic E-state index is 0.358. The van der Waals surface area contributed by atoms with Crippen molar-refractivity contribution in [3.8, 4) is 0 Å². The van der Waals surface area contributed by atoms with Crippen LogP contribution < -0.4 is 0 Å². The van der Waals surface area contributed by atoms with Crippen molar-refractivity contribution in [1.29, 1.82) is 0 Å². The third-order valence-electron chi connectivity index (χ3n) is 3.71. The molecule has 94 valence electrons. The van der Waals surface area contributed by atoms with Crippen LogP contribution in [0.2, 0.25) is 0 Å². The predicted octanol–water partition coefficient (Wildman–Crippen LogP) is 4.74. The summed E-state index contributed by atoms with van der Waals surface area (Å²) in [5, 5.41) is 0. The van der Waals surface area contributed by atoms with Crippen LogP contribution >= 0.6 is 0 Å². The second kappa shape index (κ2) is 4.97.